The van der Waals surface area contributed by atoms with Crippen molar-refractivity contribution >= 4 is 78.6 Å². The highest BCUT2D eigenvalue weighted by Gasteiger charge is 2.32. The Morgan fingerprint density at radius 1 is 0.704 bits per heavy atom. The molecule has 0 spiro atoms. The third-order valence-electron chi connectivity index (χ3n) is 7.86. The van der Waals surface area contributed by atoms with E-state index in [9.17, 15) is 42.6 Å². The minimum absolute atomic E-state index is 0.0133. The number of alkyl halides is 3. The number of nitrogens with one attached hydrogen (secondary N) is 2. The summed E-state index contributed by atoms with van der Waals surface area (Å²) in [4.78, 5) is 46.7. The third kappa shape index (κ3) is 11.9. The molecule has 11 nitrogen and oxygen atoms in total. The van der Waals surface area contributed by atoms with E-state index in [1.807, 2.05) is 18.2 Å². The lowest BCUT2D eigenvalue weighted by Crippen LogP contribution is -2.17. The standard InChI is InChI=1S/C19H15ClF3NO5.C18H15Br2NO4/c20-14-8-12(29-19(21,22)23)4-6-16(14)28-9-10-1-5-15(13(7-10)18(26)27)24-17(25)11-2-3-11;19-12-4-6-16(14(20)8-12)25-9-10-1-5-15(13(7-10)18(23)24)21-17(22)11-2-3-11/h1,4-8,11H,2-3,9H2,(H,24,25)(H,26,27);1,4-8,11H,2-3,9H2,(H,21,22)(H,23,24). The van der Waals surface area contributed by atoms with E-state index in [1.165, 1.54) is 24.3 Å². The van der Waals surface area contributed by atoms with Gasteiger partial charge in [0.2, 0.25) is 11.8 Å². The Bertz CT molecular complexity index is 2080. The van der Waals surface area contributed by atoms with E-state index < -0.39 is 24.1 Å². The summed E-state index contributed by atoms with van der Waals surface area (Å²) in [7, 11) is 0. The molecule has 2 fully saturated rings. The van der Waals surface area contributed by atoms with Crippen LogP contribution in [-0.2, 0) is 22.8 Å². The van der Waals surface area contributed by atoms with E-state index >= 15 is 0 Å². The number of carbonyl (C=O) groups is 4. The fraction of sp³-hybridized carbons (Fsp3) is 0.243. The lowest BCUT2D eigenvalue weighted by molar-refractivity contribution is -0.274. The normalized spacial score (nSPS) is 13.5. The molecule has 284 valence electrons. The van der Waals surface area contributed by atoms with Gasteiger partial charge in [-0.25, -0.2) is 9.59 Å². The van der Waals surface area contributed by atoms with Crippen molar-refractivity contribution in [3.05, 3.63) is 109 Å². The molecular weight excluding hydrogens is 869 g/mol. The third-order valence-corrected chi connectivity index (χ3v) is 9.27. The molecule has 0 heterocycles. The lowest BCUT2D eigenvalue weighted by atomic mass is 10.1. The van der Waals surface area contributed by atoms with E-state index in [0.29, 0.717) is 22.6 Å². The Hall–Kier alpha value is -4.80. The quantitative estimate of drug-likeness (QED) is 0.102. The number of ether oxygens (including phenoxy) is 3. The molecule has 0 saturated heterocycles. The molecule has 17 heteroatoms. The first-order valence-electron chi connectivity index (χ1n) is 16.2. The molecule has 6 rings (SSSR count). The molecular formula is C37H30Br2ClF3N2O9. The Balaban J connectivity index is 0.000000210. The molecule has 0 bridgehead atoms. The lowest BCUT2D eigenvalue weighted by Gasteiger charge is -2.13. The van der Waals surface area contributed by atoms with Gasteiger partial charge in [-0.1, -0.05) is 39.7 Å². The van der Waals surface area contributed by atoms with Crippen LogP contribution in [0, 0.1) is 11.8 Å². The number of aromatic carboxylic acids is 2. The minimum atomic E-state index is -4.84. The number of carboxylic acids is 2. The van der Waals surface area contributed by atoms with Gasteiger partial charge >= 0.3 is 18.3 Å². The van der Waals surface area contributed by atoms with Crippen LogP contribution in [0.3, 0.4) is 0 Å². The second kappa shape index (κ2) is 17.6. The molecule has 4 aromatic carbocycles. The second-order valence-corrected chi connectivity index (χ2v) is 14.4. The van der Waals surface area contributed by atoms with Crippen LogP contribution in [0.5, 0.6) is 17.2 Å². The smallest absolute Gasteiger partial charge is 0.488 e. The predicted molar refractivity (Wildman–Crippen MR) is 198 cm³/mol. The molecule has 4 aromatic rings. The minimum Gasteiger partial charge on any atom is -0.488 e. The summed E-state index contributed by atoms with van der Waals surface area (Å²) in [5, 5.41) is 24.0. The summed E-state index contributed by atoms with van der Waals surface area (Å²) in [6.45, 7) is 0.133. The molecule has 2 aliphatic rings. The monoisotopic (exact) mass is 896 g/mol. The van der Waals surface area contributed by atoms with Crippen LogP contribution in [-0.4, -0.2) is 40.3 Å². The maximum Gasteiger partial charge on any atom is 0.573 e. The fourth-order valence-corrected chi connectivity index (χ4v) is 6.19. The zero-order chi connectivity index (χ0) is 39.2. The summed E-state index contributed by atoms with van der Waals surface area (Å²) in [6.07, 6.45) is -1.54. The fourth-order valence-electron chi connectivity index (χ4n) is 4.81. The predicted octanol–water partition coefficient (Wildman–Crippen LogP) is 9.70. The van der Waals surface area contributed by atoms with Gasteiger partial charge in [-0.05, 0) is 107 Å². The molecule has 0 aliphatic heterocycles. The number of benzene rings is 4. The molecule has 0 radical (unpaired) electrons. The SMILES string of the molecule is O=C(O)c1cc(COc2ccc(Br)cc2Br)ccc1NC(=O)C1CC1.O=C(O)c1cc(COc2ccc(OC(F)(F)F)cc2Cl)ccc1NC(=O)C1CC1. The first-order valence-corrected chi connectivity index (χ1v) is 18.1. The Kier molecular flexibility index (Phi) is 13.1. The number of hydrogen-bond donors (Lipinski definition) is 4. The van der Waals surface area contributed by atoms with Gasteiger partial charge in [-0.2, -0.15) is 0 Å². The molecule has 4 N–H and O–H groups in total. The topological polar surface area (TPSA) is 160 Å². The van der Waals surface area contributed by atoms with Gasteiger partial charge in [-0.3, -0.25) is 9.59 Å². The number of carboxylic acid groups (broad SMARTS) is 2. The highest BCUT2D eigenvalue weighted by molar-refractivity contribution is 9.11. The Morgan fingerprint density at radius 3 is 1.61 bits per heavy atom. The van der Waals surface area contributed by atoms with E-state index in [4.69, 9.17) is 21.1 Å². The van der Waals surface area contributed by atoms with Gasteiger partial charge in [0.25, 0.3) is 0 Å². The van der Waals surface area contributed by atoms with E-state index in [2.05, 4.69) is 47.2 Å². The molecule has 2 saturated carbocycles. The van der Waals surface area contributed by atoms with Crippen LogP contribution in [0.15, 0.2) is 81.7 Å². The molecule has 0 atom stereocenters. The Morgan fingerprint density at radius 2 is 1.19 bits per heavy atom. The van der Waals surface area contributed by atoms with Gasteiger partial charge in [0.05, 0.1) is 32.0 Å². The molecule has 0 aromatic heterocycles. The van der Waals surface area contributed by atoms with Gasteiger partial charge in [0.15, 0.2) is 0 Å². The summed E-state index contributed by atoms with van der Waals surface area (Å²) < 4.78 is 53.4. The van der Waals surface area contributed by atoms with Crippen molar-refractivity contribution in [2.45, 2.75) is 45.3 Å². The Labute approximate surface area is 328 Å². The van der Waals surface area contributed by atoms with Crippen molar-refractivity contribution in [1.29, 1.82) is 0 Å². The maximum atomic E-state index is 12.2. The number of carbonyl (C=O) groups excluding carboxylic acids is 2. The van der Waals surface area contributed by atoms with E-state index in [1.54, 1.807) is 18.2 Å². The molecule has 2 aliphatic carbocycles. The number of halogens is 6. The van der Waals surface area contributed by atoms with Crippen LogP contribution < -0.4 is 24.8 Å². The zero-order valence-electron chi connectivity index (χ0n) is 27.8. The average molecular weight is 899 g/mol. The highest BCUT2D eigenvalue weighted by Crippen LogP contribution is 2.34. The molecule has 0 unspecified atom stereocenters. The number of rotatable bonds is 13. The van der Waals surface area contributed by atoms with Crippen molar-refractivity contribution in [2.75, 3.05) is 10.6 Å². The number of hydrogen-bond acceptors (Lipinski definition) is 7. The second-order valence-electron chi connectivity index (χ2n) is 12.2. The first kappa shape index (κ1) is 40.4. The summed E-state index contributed by atoms with van der Waals surface area (Å²) in [5.41, 5.74) is 1.64. The average Bonchev–Trinajstić information content (AvgIpc) is 4.02. The van der Waals surface area contributed by atoms with Crippen LogP contribution in [0.2, 0.25) is 5.02 Å². The highest BCUT2D eigenvalue weighted by atomic mass is 79.9. The van der Waals surface area contributed by atoms with Crippen molar-refractivity contribution in [2.24, 2.45) is 11.8 Å². The van der Waals surface area contributed by atoms with Crippen LogP contribution in [0.4, 0.5) is 24.5 Å². The molecule has 2 amide bonds. The zero-order valence-corrected chi connectivity index (χ0v) is 31.8. The summed E-state index contributed by atoms with van der Waals surface area (Å²) in [5.74, 6) is -2.43. The first-order chi connectivity index (χ1) is 25.6. The van der Waals surface area contributed by atoms with Gasteiger partial charge in [-0.15, -0.1) is 13.2 Å². The van der Waals surface area contributed by atoms with Gasteiger partial charge < -0.3 is 35.1 Å². The van der Waals surface area contributed by atoms with Gasteiger partial charge in [0.1, 0.15) is 30.5 Å². The molecule has 54 heavy (non-hydrogen) atoms. The van der Waals surface area contributed by atoms with Gasteiger partial charge in [0, 0.05) is 22.4 Å². The van der Waals surface area contributed by atoms with E-state index in [0.717, 1.165) is 46.8 Å². The van der Waals surface area contributed by atoms with Crippen LogP contribution in [0.25, 0.3) is 0 Å². The largest absolute Gasteiger partial charge is 0.573 e. The summed E-state index contributed by atoms with van der Waals surface area (Å²) >= 11 is 12.7. The van der Waals surface area contributed by atoms with E-state index in [-0.39, 0.29) is 64.5 Å². The summed E-state index contributed by atoms with van der Waals surface area (Å²) in [6, 6.07) is 18.0. The maximum absolute atomic E-state index is 12.2. The number of amides is 2. The van der Waals surface area contributed by atoms with Crippen molar-refractivity contribution in [3.63, 3.8) is 0 Å². The van der Waals surface area contributed by atoms with Crippen molar-refractivity contribution < 1.29 is 56.8 Å². The van der Waals surface area contributed by atoms with Crippen LogP contribution >= 0.6 is 43.5 Å². The van der Waals surface area contributed by atoms with Crippen molar-refractivity contribution in [3.8, 4) is 17.2 Å². The number of anilines is 2. The van der Waals surface area contributed by atoms with Crippen LogP contribution in [0.1, 0.15) is 57.5 Å². The van der Waals surface area contributed by atoms with Crippen molar-refractivity contribution in [1.82, 2.24) is 0 Å².